The maximum atomic E-state index is 13.0. The minimum atomic E-state index is -0.456. The van der Waals surface area contributed by atoms with Crippen molar-refractivity contribution >= 4 is 11.9 Å². The minimum Gasteiger partial charge on any atom is -0.496 e. The van der Waals surface area contributed by atoms with Crippen LogP contribution in [0.3, 0.4) is 0 Å². The highest BCUT2D eigenvalue weighted by molar-refractivity contribution is 5.92. The number of aromatic nitrogens is 3. The average molecular weight is 433 g/mol. The minimum absolute atomic E-state index is 0.297. The van der Waals surface area contributed by atoms with Crippen LogP contribution in [0, 0.1) is 0 Å². The van der Waals surface area contributed by atoms with Crippen LogP contribution in [0.4, 0.5) is 5.95 Å². The van der Waals surface area contributed by atoms with Gasteiger partial charge in [0.15, 0.2) is 5.82 Å². The van der Waals surface area contributed by atoms with Crippen molar-refractivity contribution in [3.8, 4) is 17.1 Å². The van der Waals surface area contributed by atoms with E-state index in [-0.39, 0.29) is 5.97 Å². The van der Waals surface area contributed by atoms with Gasteiger partial charge in [0.1, 0.15) is 11.8 Å². The molecule has 166 valence electrons. The first-order chi connectivity index (χ1) is 15.4. The van der Waals surface area contributed by atoms with Gasteiger partial charge in [-0.05, 0) is 43.0 Å². The summed E-state index contributed by atoms with van der Waals surface area (Å²) in [5.74, 6) is 1.82. The molecule has 0 radical (unpaired) electrons. The molecule has 0 saturated carbocycles. The summed E-state index contributed by atoms with van der Waals surface area (Å²) in [6, 6.07) is 15.4. The molecule has 0 amide bonds. The Labute approximate surface area is 188 Å². The van der Waals surface area contributed by atoms with E-state index in [1.165, 1.54) is 5.56 Å². The number of rotatable bonds is 6. The average Bonchev–Trinajstić information content (AvgIpc) is 3.21. The molecule has 0 bridgehead atoms. The number of carbonyl (C=O) groups excluding carboxylic acids is 1. The second-order valence-corrected chi connectivity index (χ2v) is 8.01. The fraction of sp³-hybridized carbons (Fsp3) is 0.320. The number of fused-ring (bicyclic) bond motifs is 1. The van der Waals surface area contributed by atoms with E-state index >= 15 is 0 Å². The number of carbonyl (C=O) groups is 1. The van der Waals surface area contributed by atoms with Gasteiger partial charge in [-0.2, -0.15) is 4.98 Å². The molecule has 1 aliphatic rings. The zero-order valence-electron chi connectivity index (χ0n) is 19.0. The summed E-state index contributed by atoms with van der Waals surface area (Å²) in [5.41, 5.74) is 4.18. The van der Waals surface area contributed by atoms with Crippen LogP contribution in [0.1, 0.15) is 50.8 Å². The zero-order valence-corrected chi connectivity index (χ0v) is 19.0. The van der Waals surface area contributed by atoms with Gasteiger partial charge in [-0.1, -0.05) is 50.2 Å². The second-order valence-electron chi connectivity index (χ2n) is 8.01. The van der Waals surface area contributed by atoms with Crippen LogP contribution in [0.15, 0.2) is 59.8 Å². The highest BCUT2D eigenvalue weighted by Gasteiger charge is 2.35. The van der Waals surface area contributed by atoms with Crippen molar-refractivity contribution in [1.29, 1.82) is 0 Å². The number of benzene rings is 2. The first-order valence-electron chi connectivity index (χ1n) is 10.8. The largest absolute Gasteiger partial charge is 0.496 e. The Morgan fingerprint density at radius 2 is 1.88 bits per heavy atom. The van der Waals surface area contributed by atoms with Gasteiger partial charge in [-0.25, -0.2) is 9.48 Å². The maximum absolute atomic E-state index is 13.0. The molecule has 0 fully saturated rings. The van der Waals surface area contributed by atoms with Gasteiger partial charge in [-0.15, -0.1) is 5.10 Å². The van der Waals surface area contributed by atoms with Crippen LogP contribution in [0.2, 0.25) is 0 Å². The Morgan fingerprint density at radius 3 is 2.53 bits per heavy atom. The zero-order chi connectivity index (χ0) is 22.8. The van der Waals surface area contributed by atoms with Crippen molar-refractivity contribution in [3.63, 3.8) is 0 Å². The van der Waals surface area contributed by atoms with Crippen LogP contribution in [-0.4, -0.2) is 34.5 Å². The van der Waals surface area contributed by atoms with Crippen LogP contribution in [0.5, 0.6) is 5.75 Å². The summed E-state index contributed by atoms with van der Waals surface area (Å²) < 4.78 is 12.6. The van der Waals surface area contributed by atoms with Crippen molar-refractivity contribution in [2.45, 2.75) is 39.7 Å². The van der Waals surface area contributed by atoms with Crippen LogP contribution in [0.25, 0.3) is 11.4 Å². The molecule has 2 heterocycles. The molecule has 32 heavy (non-hydrogen) atoms. The van der Waals surface area contributed by atoms with E-state index < -0.39 is 6.04 Å². The molecule has 1 atom stereocenters. The predicted molar refractivity (Wildman–Crippen MR) is 124 cm³/mol. The Hall–Kier alpha value is -3.61. The van der Waals surface area contributed by atoms with Crippen molar-refractivity contribution < 1.29 is 14.3 Å². The third-order valence-corrected chi connectivity index (χ3v) is 5.61. The highest BCUT2D eigenvalue weighted by atomic mass is 16.5. The number of esters is 1. The Kier molecular flexibility index (Phi) is 5.99. The van der Waals surface area contributed by atoms with Crippen molar-refractivity contribution in [1.82, 2.24) is 14.8 Å². The highest BCUT2D eigenvalue weighted by Crippen LogP contribution is 2.38. The summed E-state index contributed by atoms with van der Waals surface area (Å²) >= 11 is 0. The molecular formula is C25H28N4O3. The van der Waals surface area contributed by atoms with E-state index in [0.29, 0.717) is 41.3 Å². The molecule has 1 unspecified atom stereocenters. The Morgan fingerprint density at radius 1 is 1.16 bits per heavy atom. The van der Waals surface area contributed by atoms with E-state index in [0.717, 1.165) is 11.1 Å². The number of anilines is 1. The van der Waals surface area contributed by atoms with Gasteiger partial charge in [0.2, 0.25) is 5.95 Å². The number of para-hydroxylation sites is 1. The molecule has 2 aromatic carbocycles. The lowest BCUT2D eigenvalue weighted by molar-refractivity contribution is -0.139. The topological polar surface area (TPSA) is 78.3 Å². The van der Waals surface area contributed by atoms with Gasteiger partial charge in [0.25, 0.3) is 0 Å². The van der Waals surface area contributed by atoms with E-state index in [9.17, 15) is 4.79 Å². The number of nitrogens with zero attached hydrogens (tertiary/aromatic N) is 3. The summed E-state index contributed by atoms with van der Waals surface area (Å²) in [7, 11) is 1.62. The lowest BCUT2D eigenvalue weighted by Gasteiger charge is -2.28. The monoisotopic (exact) mass is 432 g/mol. The smallest absolute Gasteiger partial charge is 0.338 e. The van der Waals surface area contributed by atoms with Crippen molar-refractivity contribution in [3.05, 3.63) is 70.9 Å². The fourth-order valence-corrected chi connectivity index (χ4v) is 3.94. The van der Waals surface area contributed by atoms with Gasteiger partial charge in [0, 0.05) is 5.70 Å². The summed E-state index contributed by atoms with van der Waals surface area (Å²) in [6.07, 6.45) is 0. The predicted octanol–water partition coefficient (Wildman–Crippen LogP) is 4.93. The van der Waals surface area contributed by atoms with Crippen LogP contribution >= 0.6 is 0 Å². The Balaban J connectivity index is 1.86. The van der Waals surface area contributed by atoms with Gasteiger partial charge < -0.3 is 14.8 Å². The summed E-state index contributed by atoms with van der Waals surface area (Å²) in [4.78, 5) is 17.7. The summed E-state index contributed by atoms with van der Waals surface area (Å²) in [5, 5.41) is 8.03. The number of nitrogens with one attached hydrogen (secondary N) is 1. The van der Waals surface area contributed by atoms with Crippen molar-refractivity contribution in [2.75, 3.05) is 19.0 Å². The SMILES string of the molecule is CCOC(=O)C1=C(C)Nc2nc(-c3ccccc3OC)nn2C1c1ccc(C(C)C)cc1. The van der Waals surface area contributed by atoms with Gasteiger partial charge in [0.05, 0.1) is 24.9 Å². The van der Waals surface area contributed by atoms with E-state index in [1.807, 2.05) is 43.3 Å². The third kappa shape index (κ3) is 3.86. The fourth-order valence-electron chi connectivity index (χ4n) is 3.94. The molecule has 0 aliphatic carbocycles. The Bertz CT molecular complexity index is 1160. The van der Waals surface area contributed by atoms with Gasteiger partial charge >= 0.3 is 5.97 Å². The third-order valence-electron chi connectivity index (χ3n) is 5.61. The molecule has 0 saturated heterocycles. The number of hydrogen-bond donors (Lipinski definition) is 1. The standard InChI is InChI=1S/C25H28N4O3/c1-6-32-24(30)21-16(4)26-25-27-23(19-9-7-8-10-20(19)31-5)28-29(25)22(21)18-13-11-17(12-14-18)15(2)3/h7-15,22H,6H2,1-5H3,(H,26,27,28). The molecule has 1 aromatic heterocycles. The van der Waals surface area contributed by atoms with E-state index in [4.69, 9.17) is 19.6 Å². The van der Waals surface area contributed by atoms with Crippen LogP contribution in [-0.2, 0) is 9.53 Å². The quantitative estimate of drug-likeness (QED) is 0.557. The van der Waals surface area contributed by atoms with Crippen molar-refractivity contribution in [2.24, 2.45) is 0 Å². The van der Waals surface area contributed by atoms with Gasteiger partial charge in [-0.3, -0.25) is 0 Å². The normalized spacial score (nSPS) is 15.4. The maximum Gasteiger partial charge on any atom is 0.338 e. The number of hydrogen-bond acceptors (Lipinski definition) is 6. The molecule has 7 heteroatoms. The molecule has 7 nitrogen and oxygen atoms in total. The molecule has 1 aliphatic heterocycles. The molecule has 3 aromatic rings. The lowest BCUT2D eigenvalue weighted by atomic mass is 9.93. The van der Waals surface area contributed by atoms with Crippen LogP contribution < -0.4 is 10.1 Å². The number of ether oxygens (including phenoxy) is 2. The lowest BCUT2D eigenvalue weighted by Crippen LogP contribution is -2.29. The molecule has 4 rings (SSSR count). The molecular weight excluding hydrogens is 404 g/mol. The van der Waals surface area contributed by atoms with E-state index in [1.54, 1.807) is 18.7 Å². The molecule has 0 spiro atoms. The van der Waals surface area contributed by atoms with E-state index in [2.05, 4.69) is 31.3 Å². The first-order valence-corrected chi connectivity index (χ1v) is 10.8. The summed E-state index contributed by atoms with van der Waals surface area (Å²) in [6.45, 7) is 8.27. The number of allylic oxidation sites excluding steroid dienone is 1. The molecule has 1 N–H and O–H groups in total. The first kappa shape index (κ1) is 21.6. The number of methoxy groups -OCH3 is 1. The second kappa shape index (κ2) is 8.86.